The molecule has 7 rings (SSSR count). The second kappa shape index (κ2) is 14.9. The van der Waals surface area contributed by atoms with Gasteiger partial charge in [0.05, 0.1) is 43.7 Å². The highest BCUT2D eigenvalue weighted by Gasteiger charge is 2.59. The monoisotopic (exact) mass is 779 g/mol. The third kappa shape index (κ3) is 6.80. The predicted octanol–water partition coefficient (Wildman–Crippen LogP) is 3.94. The maximum absolute atomic E-state index is 15.2. The number of ether oxygens (including phenoxy) is 3. The lowest BCUT2D eigenvalue weighted by Crippen LogP contribution is -2.67. The Hall–Kier alpha value is -5.05. The standard InChI is InChI=1S/C38H43F2N7O7S/c1-4-54-34-29(6-5-15-42-34)38(43-36(49)46-23-27(24-46)44-16-11-26(12-17-44)45-18-13-37(39,40)14-19-45)30-20-25(22-41)7-9-31(30)47(35(38)48)55(50,51)33-10-8-28(52-2)21-32(33)53-3/h5-10,15,20-21,26-27H,4,11-14,16-19,23-24H2,1-3H3,(H,43,49)/t38-/m1/s1. The highest BCUT2D eigenvalue weighted by atomic mass is 32.2. The molecule has 0 radical (unpaired) electrons. The van der Waals surface area contributed by atoms with Crippen LogP contribution in [0.3, 0.4) is 0 Å². The van der Waals surface area contributed by atoms with Crippen LogP contribution in [0.25, 0.3) is 0 Å². The predicted molar refractivity (Wildman–Crippen MR) is 196 cm³/mol. The highest BCUT2D eigenvalue weighted by Crippen LogP contribution is 2.50. The van der Waals surface area contributed by atoms with Crippen molar-refractivity contribution in [1.29, 1.82) is 5.26 Å². The third-order valence-corrected chi connectivity index (χ3v) is 12.8. The Morgan fingerprint density at radius 2 is 1.69 bits per heavy atom. The molecule has 1 atom stereocenters. The molecule has 0 bridgehead atoms. The van der Waals surface area contributed by atoms with Gasteiger partial charge in [-0.25, -0.2) is 27.0 Å². The number of nitrogens with zero attached hydrogens (tertiary/aromatic N) is 6. The summed E-state index contributed by atoms with van der Waals surface area (Å²) in [7, 11) is -2.02. The number of benzene rings is 2. The second-order valence-corrected chi connectivity index (χ2v) is 15.9. The number of hydrogen-bond donors (Lipinski definition) is 1. The van der Waals surface area contributed by atoms with E-state index in [0.717, 1.165) is 25.9 Å². The van der Waals surface area contributed by atoms with E-state index in [4.69, 9.17) is 14.2 Å². The molecular formula is C38H43F2N7O7S. The number of aromatic nitrogens is 1. The van der Waals surface area contributed by atoms with Gasteiger partial charge in [-0.05, 0) is 62.2 Å². The molecule has 3 amide bonds. The van der Waals surface area contributed by atoms with Gasteiger partial charge in [0.15, 0.2) is 5.54 Å². The molecule has 1 N–H and O–H groups in total. The third-order valence-electron chi connectivity index (χ3n) is 11.1. The van der Waals surface area contributed by atoms with Crippen molar-refractivity contribution in [2.45, 2.75) is 61.0 Å². The largest absolute Gasteiger partial charge is 0.497 e. The number of carbonyl (C=O) groups is 2. The molecule has 292 valence electrons. The van der Waals surface area contributed by atoms with Gasteiger partial charge in [-0.2, -0.15) is 9.57 Å². The minimum Gasteiger partial charge on any atom is -0.497 e. The fourth-order valence-corrected chi connectivity index (χ4v) is 9.69. The van der Waals surface area contributed by atoms with Gasteiger partial charge >= 0.3 is 6.03 Å². The van der Waals surface area contributed by atoms with Crippen LogP contribution >= 0.6 is 0 Å². The van der Waals surface area contributed by atoms with E-state index in [1.165, 1.54) is 62.9 Å². The van der Waals surface area contributed by atoms with Crippen LogP contribution in [0.5, 0.6) is 17.4 Å². The van der Waals surface area contributed by atoms with Crippen molar-refractivity contribution in [3.8, 4) is 23.4 Å². The number of rotatable bonds is 10. The molecule has 0 saturated carbocycles. The zero-order chi connectivity index (χ0) is 39.1. The van der Waals surface area contributed by atoms with E-state index in [0.29, 0.717) is 36.2 Å². The Balaban J connectivity index is 1.20. The van der Waals surface area contributed by atoms with Crippen LogP contribution in [-0.2, 0) is 20.4 Å². The van der Waals surface area contributed by atoms with Crippen molar-refractivity contribution < 1.29 is 41.0 Å². The number of anilines is 1. The van der Waals surface area contributed by atoms with Gasteiger partial charge in [0, 0.05) is 82.0 Å². The second-order valence-electron chi connectivity index (χ2n) is 14.1. The zero-order valence-electron chi connectivity index (χ0n) is 30.8. The van der Waals surface area contributed by atoms with E-state index in [9.17, 15) is 27.3 Å². The average Bonchev–Trinajstić information content (AvgIpc) is 3.41. The van der Waals surface area contributed by atoms with Crippen LogP contribution in [0.2, 0.25) is 0 Å². The lowest BCUT2D eigenvalue weighted by Gasteiger charge is -2.49. The van der Waals surface area contributed by atoms with E-state index in [1.807, 2.05) is 0 Å². The van der Waals surface area contributed by atoms with Crippen molar-refractivity contribution >= 4 is 27.6 Å². The molecular weight excluding hydrogens is 737 g/mol. The number of halogens is 2. The summed E-state index contributed by atoms with van der Waals surface area (Å²) in [4.78, 5) is 39.6. The maximum atomic E-state index is 15.2. The van der Waals surface area contributed by atoms with Gasteiger partial charge < -0.3 is 24.4 Å². The molecule has 0 unspecified atom stereocenters. The van der Waals surface area contributed by atoms with Crippen molar-refractivity contribution in [3.05, 3.63) is 71.4 Å². The molecule has 4 aliphatic rings. The normalized spacial score (nSPS) is 22.1. The molecule has 4 aliphatic heterocycles. The summed E-state index contributed by atoms with van der Waals surface area (Å²) in [5.41, 5.74) is -2.02. The number of alkyl halides is 2. The first kappa shape index (κ1) is 38.2. The quantitative estimate of drug-likeness (QED) is 0.318. The number of hydrogen-bond acceptors (Lipinski definition) is 11. The van der Waals surface area contributed by atoms with E-state index in [2.05, 4.69) is 26.2 Å². The van der Waals surface area contributed by atoms with Crippen molar-refractivity contribution in [2.24, 2.45) is 0 Å². The van der Waals surface area contributed by atoms with E-state index in [-0.39, 0.29) is 70.4 Å². The Morgan fingerprint density at radius 1 is 0.982 bits per heavy atom. The number of fused-ring (bicyclic) bond motifs is 1. The number of amides is 3. The molecule has 14 nitrogen and oxygen atoms in total. The number of urea groups is 1. The summed E-state index contributed by atoms with van der Waals surface area (Å²) in [5.74, 6) is -3.38. The molecule has 0 aliphatic carbocycles. The van der Waals surface area contributed by atoms with Crippen LogP contribution < -0.4 is 23.8 Å². The first-order valence-electron chi connectivity index (χ1n) is 18.2. The Morgan fingerprint density at radius 3 is 2.35 bits per heavy atom. The van der Waals surface area contributed by atoms with Gasteiger partial charge in [0.25, 0.3) is 21.9 Å². The minimum atomic E-state index is -4.74. The van der Waals surface area contributed by atoms with Gasteiger partial charge in [-0.15, -0.1) is 0 Å². The van der Waals surface area contributed by atoms with Crippen LogP contribution in [0.4, 0.5) is 19.3 Å². The number of methoxy groups -OCH3 is 2. The smallest absolute Gasteiger partial charge is 0.318 e. The fraction of sp³-hybridized carbons (Fsp3) is 0.474. The topological polar surface area (TPSA) is 158 Å². The number of nitrogens with one attached hydrogen (secondary N) is 1. The number of piperidine rings is 2. The number of carbonyl (C=O) groups excluding carboxylic acids is 2. The average molecular weight is 780 g/mol. The first-order valence-corrected chi connectivity index (χ1v) is 19.7. The van der Waals surface area contributed by atoms with Crippen molar-refractivity contribution in [2.75, 3.05) is 64.4 Å². The molecule has 0 spiro atoms. The fourth-order valence-electron chi connectivity index (χ4n) is 8.09. The Kier molecular flexibility index (Phi) is 10.3. The van der Waals surface area contributed by atoms with Gasteiger partial charge in [-0.3, -0.25) is 14.6 Å². The SMILES string of the molecule is CCOc1ncccc1[C@]1(NC(=O)N2CC(N3CCC(N4CCC(F)(F)CC4)CC3)C2)C(=O)N(S(=O)(=O)c2ccc(OC)cc2OC)c2ccc(C#N)cc21. The molecule has 17 heteroatoms. The van der Waals surface area contributed by atoms with Crippen LogP contribution in [0.15, 0.2) is 59.6 Å². The van der Waals surface area contributed by atoms with Gasteiger partial charge in [0.2, 0.25) is 5.88 Å². The van der Waals surface area contributed by atoms with E-state index >= 15 is 4.79 Å². The number of sulfonamides is 1. The number of pyridine rings is 1. The van der Waals surface area contributed by atoms with E-state index < -0.39 is 33.4 Å². The summed E-state index contributed by atoms with van der Waals surface area (Å²) >= 11 is 0. The maximum Gasteiger partial charge on any atom is 0.318 e. The summed E-state index contributed by atoms with van der Waals surface area (Å²) in [6.07, 6.45) is 2.91. The molecule has 5 heterocycles. The minimum absolute atomic E-state index is 0.00461. The summed E-state index contributed by atoms with van der Waals surface area (Å²) in [6.45, 7) is 4.87. The molecule has 1 aromatic heterocycles. The lowest BCUT2D eigenvalue weighted by molar-refractivity contribution is -0.121. The number of likely N-dealkylation sites (tertiary alicyclic amines) is 3. The molecule has 3 aromatic rings. The summed E-state index contributed by atoms with van der Waals surface area (Å²) in [5, 5.41) is 12.9. The number of nitriles is 1. The first-order chi connectivity index (χ1) is 26.4. The molecule has 55 heavy (non-hydrogen) atoms. The van der Waals surface area contributed by atoms with Gasteiger partial charge in [0.1, 0.15) is 16.4 Å². The Bertz CT molecular complexity index is 2110. The van der Waals surface area contributed by atoms with Crippen LogP contribution in [0.1, 0.15) is 49.3 Å². The Labute approximate surface area is 318 Å². The van der Waals surface area contributed by atoms with E-state index in [1.54, 1.807) is 17.9 Å². The summed E-state index contributed by atoms with van der Waals surface area (Å²) in [6, 6.07) is 13.0. The van der Waals surface area contributed by atoms with Gasteiger partial charge in [-0.1, -0.05) is 0 Å². The summed E-state index contributed by atoms with van der Waals surface area (Å²) < 4.78 is 73.9. The molecule has 2 aromatic carbocycles. The van der Waals surface area contributed by atoms with Crippen molar-refractivity contribution in [1.82, 2.24) is 25.0 Å². The zero-order valence-corrected chi connectivity index (χ0v) is 31.7. The highest BCUT2D eigenvalue weighted by molar-refractivity contribution is 7.93. The lowest BCUT2D eigenvalue weighted by atomic mass is 9.83. The molecule has 3 fully saturated rings. The van der Waals surface area contributed by atoms with Crippen LogP contribution in [-0.4, -0.2) is 118 Å². The molecule has 3 saturated heterocycles. The van der Waals surface area contributed by atoms with Crippen LogP contribution in [0, 0.1) is 11.3 Å². The van der Waals surface area contributed by atoms with Crippen molar-refractivity contribution in [3.63, 3.8) is 0 Å².